The van der Waals surface area contributed by atoms with Crippen LogP contribution in [0.25, 0.3) is 0 Å². The van der Waals surface area contributed by atoms with Crippen molar-refractivity contribution in [2.75, 3.05) is 0 Å². The average Bonchev–Trinajstić information content (AvgIpc) is 2.80. The summed E-state index contributed by atoms with van der Waals surface area (Å²) in [5.74, 6) is -0.774. The van der Waals surface area contributed by atoms with Crippen LogP contribution < -0.4 is 0 Å². The van der Waals surface area contributed by atoms with Crippen molar-refractivity contribution in [3.8, 4) is 5.75 Å². The number of carbonyl (C=O) groups is 2. The SMILES string of the molecule is CCc1cc(C2C(=O)c3ccccc3C2=O)cc(CC)c1O. The normalized spacial score (nSPS) is 14.5. The third kappa shape index (κ3) is 2.05. The molecule has 0 spiro atoms. The van der Waals surface area contributed by atoms with Crippen LogP contribution in [0, 0.1) is 0 Å². The summed E-state index contributed by atoms with van der Waals surface area (Å²) in [4.78, 5) is 25.2. The lowest BCUT2D eigenvalue weighted by molar-refractivity contribution is 0.0890. The van der Waals surface area contributed by atoms with Gasteiger partial charge in [0.1, 0.15) is 11.7 Å². The molecule has 0 heterocycles. The Morgan fingerprint density at radius 2 is 1.36 bits per heavy atom. The van der Waals surface area contributed by atoms with Crippen molar-refractivity contribution >= 4 is 11.6 Å². The largest absolute Gasteiger partial charge is 0.507 e. The van der Waals surface area contributed by atoms with Gasteiger partial charge in [0.15, 0.2) is 11.6 Å². The number of carbonyl (C=O) groups excluding carboxylic acids is 2. The monoisotopic (exact) mass is 294 g/mol. The summed E-state index contributed by atoms with van der Waals surface area (Å²) >= 11 is 0. The zero-order valence-corrected chi connectivity index (χ0v) is 12.7. The summed E-state index contributed by atoms with van der Waals surface area (Å²) in [7, 11) is 0. The minimum atomic E-state index is -0.770. The van der Waals surface area contributed by atoms with Gasteiger partial charge < -0.3 is 5.11 Å². The van der Waals surface area contributed by atoms with Gasteiger partial charge in [0, 0.05) is 11.1 Å². The van der Waals surface area contributed by atoms with Gasteiger partial charge in [0.2, 0.25) is 0 Å². The summed E-state index contributed by atoms with van der Waals surface area (Å²) in [6.07, 6.45) is 1.32. The quantitative estimate of drug-likeness (QED) is 0.879. The van der Waals surface area contributed by atoms with E-state index < -0.39 is 5.92 Å². The van der Waals surface area contributed by atoms with Crippen molar-refractivity contribution < 1.29 is 14.7 Å². The molecule has 2 aromatic carbocycles. The van der Waals surface area contributed by atoms with E-state index in [0.29, 0.717) is 29.5 Å². The molecule has 22 heavy (non-hydrogen) atoms. The van der Waals surface area contributed by atoms with Gasteiger partial charge >= 0.3 is 0 Å². The lowest BCUT2D eigenvalue weighted by atomic mass is 9.89. The van der Waals surface area contributed by atoms with Crippen molar-refractivity contribution in [3.63, 3.8) is 0 Å². The third-order valence-corrected chi connectivity index (χ3v) is 4.37. The summed E-state index contributed by atoms with van der Waals surface area (Å²) in [6.45, 7) is 3.90. The van der Waals surface area contributed by atoms with Crippen molar-refractivity contribution in [2.24, 2.45) is 0 Å². The number of rotatable bonds is 3. The first-order valence-electron chi connectivity index (χ1n) is 7.60. The van der Waals surface area contributed by atoms with E-state index in [9.17, 15) is 14.7 Å². The molecular formula is C19H18O3. The standard InChI is InChI=1S/C19H18O3/c1-3-11-9-13(10-12(4-2)17(11)20)16-18(21)14-7-5-6-8-15(14)19(16)22/h5-10,16,20H,3-4H2,1-2H3. The van der Waals surface area contributed by atoms with Crippen LogP contribution in [0.15, 0.2) is 36.4 Å². The number of hydrogen-bond acceptors (Lipinski definition) is 3. The minimum absolute atomic E-state index is 0.143. The Kier molecular flexibility index (Phi) is 3.57. The molecule has 3 nitrogen and oxygen atoms in total. The summed E-state index contributed by atoms with van der Waals surface area (Å²) in [5.41, 5.74) is 3.26. The van der Waals surface area contributed by atoms with Crippen molar-refractivity contribution in [1.29, 1.82) is 0 Å². The molecule has 0 aliphatic heterocycles. The van der Waals surface area contributed by atoms with Gasteiger partial charge in [-0.05, 0) is 29.5 Å². The number of ketones is 2. The smallest absolute Gasteiger partial charge is 0.178 e. The van der Waals surface area contributed by atoms with Gasteiger partial charge in [-0.25, -0.2) is 0 Å². The lowest BCUT2D eigenvalue weighted by Gasteiger charge is -2.14. The summed E-state index contributed by atoms with van der Waals surface area (Å²) in [5, 5.41) is 10.2. The molecule has 1 N–H and O–H groups in total. The average molecular weight is 294 g/mol. The zero-order valence-electron chi connectivity index (χ0n) is 12.7. The van der Waals surface area contributed by atoms with E-state index in [4.69, 9.17) is 0 Å². The van der Waals surface area contributed by atoms with E-state index >= 15 is 0 Å². The Morgan fingerprint density at radius 3 is 1.77 bits per heavy atom. The Bertz CT molecular complexity index is 714. The number of fused-ring (bicyclic) bond motifs is 1. The first-order valence-corrected chi connectivity index (χ1v) is 7.60. The maximum atomic E-state index is 12.6. The van der Waals surface area contributed by atoms with Crippen LogP contribution in [0.3, 0.4) is 0 Å². The Hall–Kier alpha value is -2.42. The molecule has 0 bridgehead atoms. The number of benzene rings is 2. The van der Waals surface area contributed by atoms with Crippen molar-refractivity contribution in [3.05, 3.63) is 64.2 Å². The first kappa shape index (κ1) is 14.5. The fraction of sp³-hybridized carbons (Fsp3) is 0.263. The van der Waals surface area contributed by atoms with E-state index in [-0.39, 0.29) is 17.3 Å². The topological polar surface area (TPSA) is 54.4 Å². The predicted molar refractivity (Wildman–Crippen MR) is 84.7 cm³/mol. The fourth-order valence-corrected chi connectivity index (χ4v) is 3.14. The van der Waals surface area contributed by atoms with Gasteiger partial charge in [-0.2, -0.15) is 0 Å². The number of phenolic OH excluding ortho intramolecular Hbond substituents is 1. The van der Waals surface area contributed by atoms with Crippen LogP contribution in [-0.2, 0) is 12.8 Å². The third-order valence-electron chi connectivity index (χ3n) is 4.37. The Morgan fingerprint density at radius 1 is 0.909 bits per heavy atom. The molecule has 0 saturated carbocycles. The molecule has 3 heteroatoms. The van der Waals surface area contributed by atoms with E-state index in [1.807, 2.05) is 13.8 Å². The second-order valence-corrected chi connectivity index (χ2v) is 5.60. The second kappa shape index (κ2) is 5.41. The number of Topliss-reactive ketones (excluding diaryl/α,β-unsaturated/α-hetero) is 2. The Labute approximate surface area is 129 Å². The highest BCUT2D eigenvalue weighted by Gasteiger charge is 2.39. The van der Waals surface area contributed by atoms with E-state index in [1.54, 1.807) is 36.4 Å². The van der Waals surface area contributed by atoms with Gasteiger partial charge in [0.25, 0.3) is 0 Å². The molecule has 0 unspecified atom stereocenters. The molecule has 1 aliphatic carbocycles. The highest BCUT2D eigenvalue weighted by Crippen LogP contribution is 2.37. The maximum Gasteiger partial charge on any atom is 0.178 e. The fourth-order valence-electron chi connectivity index (χ4n) is 3.14. The molecule has 112 valence electrons. The van der Waals surface area contributed by atoms with E-state index in [1.165, 1.54) is 0 Å². The van der Waals surface area contributed by atoms with Gasteiger partial charge in [-0.3, -0.25) is 9.59 Å². The van der Waals surface area contributed by atoms with Gasteiger partial charge in [-0.1, -0.05) is 50.2 Å². The van der Waals surface area contributed by atoms with Gasteiger partial charge in [-0.15, -0.1) is 0 Å². The molecule has 0 amide bonds. The molecule has 0 radical (unpaired) electrons. The van der Waals surface area contributed by atoms with Crippen molar-refractivity contribution in [2.45, 2.75) is 32.6 Å². The first-order chi connectivity index (χ1) is 10.6. The number of aromatic hydroxyl groups is 1. The Balaban J connectivity index is 2.14. The highest BCUT2D eigenvalue weighted by atomic mass is 16.3. The summed E-state index contributed by atoms with van der Waals surface area (Å²) < 4.78 is 0. The lowest BCUT2D eigenvalue weighted by Crippen LogP contribution is -2.13. The number of hydrogen-bond donors (Lipinski definition) is 1. The second-order valence-electron chi connectivity index (χ2n) is 5.60. The van der Waals surface area contributed by atoms with Crippen LogP contribution >= 0.6 is 0 Å². The minimum Gasteiger partial charge on any atom is -0.507 e. The number of phenols is 1. The van der Waals surface area contributed by atoms with Crippen molar-refractivity contribution in [1.82, 2.24) is 0 Å². The summed E-state index contributed by atoms with van der Waals surface area (Å²) in [6, 6.07) is 10.5. The molecular weight excluding hydrogens is 276 g/mol. The molecule has 0 aromatic heterocycles. The highest BCUT2D eigenvalue weighted by molar-refractivity contribution is 6.29. The zero-order chi connectivity index (χ0) is 15.9. The molecule has 1 aliphatic rings. The maximum absolute atomic E-state index is 12.6. The van der Waals surface area contributed by atoms with Crippen LogP contribution in [0.1, 0.15) is 57.2 Å². The molecule has 0 saturated heterocycles. The molecule has 0 fully saturated rings. The van der Waals surface area contributed by atoms with Crippen LogP contribution in [0.2, 0.25) is 0 Å². The molecule has 2 aromatic rings. The molecule has 3 rings (SSSR count). The molecule has 0 atom stereocenters. The van der Waals surface area contributed by atoms with Crippen LogP contribution in [-0.4, -0.2) is 16.7 Å². The number of aryl methyl sites for hydroxylation is 2. The van der Waals surface area contributed by atoms with Crippen LogP contribution in [0.5, 0.6) is 5.75 Å². The van der Waals surface area contributed by atoms with E-state index in [2.05, 4.69) is 0 Å². The van der Waals surface area contributed by atoms with Crippen LogP contribution in [0.4, 0.5) is 0 Å². The predicted octanol–water partition coefficient (Wildman–Crippen LogP) is 3.68. The van der Waals surface area contributed by atoms with E-state index in [0.717, 1.165) is 11.1 Å². The van der Waals surface area contributed by atoms with Gasteiger partial charge in [0.05, 0.1) is 0 Å².